The standard InChI is InChI=1S/C21H21N3O5S/c1-13-3-6-16(7-4-13)29-12-15-9-14(5-8-17(15)28-2)11-22-24-21-23-20(27)18(30-21)10-19(25)26/h3-9,11,18H,10,12H2,1-2H3,(H,25,26)(H,23,24,27). The van der Waals surface area contributed by atoms with Gasteiger partial charge in [0.2, 0.25) is 5.91 Å². The molecule has 0 saturated carbocycles. The SMILES string of the molecule is COc1ccc(C=NN=C2NC(=O)C(CC(=O)O)S2)cc1COc1ccc(C)cc1. The third-order valence-electron chi connectivity index (χ3n) is 4.21. The fraction of sp³-hybridized carbons (Fsp3) is 0.238. The van der Waals surface area contributed by atoms with Crippen LogP contribution in [0, 0.1) is 6.92 Å². The van der Waals surface area contributed by atoms with Gasteiger partial charge in [-0.2, -0.15) is 5.10 Å². The molecule has 3 rings (SSSR count). The third-order valence-corrected chi connectivity index (χ3v) is 5.28. The van der Waals surface area contributed by atoms with Crippen LogP contribution in [0.2, 0.25) is 0 Å². The predicted octanol–water partition coefficient (Wildman–Crippen LogP) is 2.98. The molecule has 1 saturated heterocycles. The van der Waals surface area contributed by atoms with Gasteiger partial charge in [-0.05, 0) is 42.8 Å². The molecule has 2 N–H and O–H groups in total. The summed E-state index contributed by atoms with van der Waals surface area (Å²) >= 11 is 1.05. The number of carbonyl (C=O) groups excluding carboxylic acids is 1. The molecule has 1 aliphatic rings. The molecule has 1 atom stereocenters. The topological polar surface area (TPSA) is 110 Å². The van der Waals surface area contributed by atoms with E-state index in [-0.39, 0.29) is 17.5 Å². The zero-order valence-electron chi connectivity index (χ0n) is 16.5. The number of carbonyl (C=O) groups is 2. The van der Waals surface area contributed by atoms with E-state index in [1.807, 2.05) is 49.4 Å². The van der Waals surface area contributed by atoms with Crippen LogP contribution in [0.4, 0.5) is 0 Å². The van der Waals surface area contributed by atoms with Crippen LogP contribution in [0.3, 0.4) is 0 Å². The van der Waals surface area contributed by atoms with Gasteiger partial charge in [0, 0.05) is 5.56 Å². The predicted molar refractivity (Wildman–Crippen MR) is 115 cm³/mol. The Kier molecular flexibility index (Phi) is 7.08. The number of aryl methyl sites for hydroxylation is 1. The highest BCUT2D eigenvalue weighted by molar-refractivity contribution is 8.15. The van der Waals surface area contributed by atoms with Crippen molar-refractivity contribution in [2.75, 3.05) is 7.11 Å². The molecule has 9 heteroatoms. The summed E-state index contributed by atoms with van der Waals surface area (Å²) in [6, 6.07) is 13.3. The van der Waals surface area contributed by atoms with Crippen molar-refractivity contribution in [3.63, 3.8) is 0 Å². The highest BCUT2D eigenvalue weighted by Gasteiger charge is 2.32. The van der Waals surface area contributed by atoms with Gasteiger partial charge in [0.05, 0.1) is 19.7 Å². The molecule has 0 radical (unpaired) electrons. The Morgan fingerprint density at radius 1 is 1.27 bits per heavy atom. The Morgan fingerprint density at radius 3 is 2.73 bits per heavy atom. The minimum absolute atomic E-state index is 0.262. The first-order chi connectivity index (χ1) is 14.4. The summed E-state index contributed by atoms with van der Waals surface area (Å²) in [6.45, 7) is 2.34. The van der Waals surface area contributed by atoms with Gasteiger partial charge in [-0.25, -0.2) is 0 Å². The molecule has 0 bridgehead atoms. The zero-order valence-corrected chi connectivity index (χ0v) is 17.3. The summed E-state index contributed by atoms with van der Waals surface area (Å²) in [5.41, 5.74) is 2.78. The maximum Gasteiger partial charge on any atom is 0.305 e. The Balaban J connectivity index is 1.66. The number of hydrogen-bond donors (Lipinski definition) is 2. The van der Waals surface area contributed by atoms with Gasteiger partial charge in [0.15, 0.2) is 5.17 Å². The van der Waals surface area contributed by atoms with E-state index in [0.717, 1.165) is 34.2 Å². The number of carboxylic acids is 1. The Hall–Kier alpha value is -3.33. The number of benzene rings is 2. The summed E-state index contributed by atoms with van der Waals surface area (Å²) in [5, 5.41) is 18.9. The molecule has 1 aliphatic heterocycles. The van der Waals surface area contributed by atoms with Gasteiger partial charge in [0.1, 0.15) is 23.4 Å². The lowest BCUT2D eigenvalue weighted by Crippen LogP contribution is -2.26. The quantitative estimate of drug-likeness (QED) is 0.495. The molecular formula is C21H21N3O5S. The van der Waals surface area contributed by atoms with Crippen molar-refractivity contribution in [3.05, 3.63) is 59.2 Å². The second-order valence-electron chi connectivity index (χ2n) is 6.52. The second kappa shape index (κ2) is 9.93. The van der Waals surface area contributed by atoms with Crippen molar-refractivity contribution in [3.8, 4) is 11.5 Å². The molecule has 1 heterocycles. The van der Waals surface area contributed by atoms with Gasteiger partial charge < -0.3 is 19.9 Å². The normalized spacial score (nSPS) is 17.3. The smallest absolute Gasteiger partial charge is 0.305 e. The van der Waals surface area contributed by atoms with Gasteiger partial charge in [-0.3, -0.25) is 9.59 Å². The maximum atomic E-state index is 11.7. The molecular weight excluding hydrogens is 406 g/mol. The fourth-order valence-corrected chi connectivity index (χ4v) is 3.60. The molecule has 2 aromatic rings. The number of carboxylic acid groups (broad SMARTS) is 1. The fourth-order valence-electron chi connectivity index (χ4n) is 2.68. The number of hydrogen-bond acceptors (Lipinski definition) is 7. The molecule has 156 valence electrons. The molecule has 0 aliphatic carbocycles. The van der Waals surface area contributed by atoms with E-state index in [1.165, 1.54) is 0 Å². The van der Waals surface area contributed by atoms with Crippen LogP contribution in [0.15, 0.2) is 52.7 Å². The number of amidine groups is 1. The van der Waals surface area contributed by atoms with Gasteiger partial charge >= 0.3 is 5.97 Å². The number of thioether (sulfide) groups is 1. The zero-order chi connectivity index (χ0) is 21.5. The number of nitrogens with zero attached hydrogens (tertiary/aromatic N) is 2. The van der Waals surface area contributed by atoms with Crippen LogP contribution < -0.4 is 14.8 Å². The van der Waals surface area contributed by atoms with E-state index in [1.54, 1.807) is 13.3 Å². The molecule has 1 fully saturated rings. The summed E-state index contributed by atoms with van der Waals surface area (Å²) in [5.74, 6) is 0.0427. The van der Waals surface area contributed by atoms with Crippen molar-refractivity contribution in [1.82, 2.24) is 5.32 Å². The van der Waals surface area contributed by atoms with Crippen LogP contribution in [0.25, 0.3) is 0 Å². The molecule has 1 amide bonds. The van der Waals surface area contributed by atoms with Crippen molar-refractivity contribution >= 4 is 35.0 Å². The van der Waals surface area contributed by atoms with Crippen LogP contribution in [-0.4, -0.2) is 40.7 Å². The average molecular weight is 427 g/mol. The van der Waals surface area contributed by atoms with E-state index in [2.05, 4.69) is 15.5 Å². The molecule has 0 aromatic heterocycles. The van der Waals surface area contributed by atoms with E-state index < -0.39 is 11.2 Å². The summed E-state index contributed by atoms with van der Waals surface area (Å²) < 4.78 is 11.2. The van der Waals surface area contributed by atoms with E-state index in [4.69, 9.17) is 14.6 Å². The van der Waals surface area contributed by atoms with Crippen molar-refractivity contribution < 1.29 is 24.2 Å². The van der Waals surface area contributed by atoms with Crippen molar-refractivity contribution in [2.24, 2.45) is 10.2 Å². The molecule has 0 spiro atoms. The third kappa shape index (κ3) is 5.84. The van der Waals surface area contributed by atoms with Crippen LogP contribution in [0.1, 0.15) is 23.1 Å². The van der Waals surface area contributed by atoms with Crippen LogP contribution in [0.5, 0.6) is 11.5 Å². The van der Waals surface area contributed by atoms with Crippen LogP contribution in [-0.2, 0) is 16.2 Å². The molecule has 8 nitrogen and oxygen atoms in total. The number of amides is 1. The number of methoxy groups -OCH3 is 1. The van der Waals surface area contributed by atoms with E-state index in [0.29, 0.717) is 12.4 Å². The number of ether oxygens (including phenoxy) is 2. The largest absolute Gasteiger partial charge is 0.496 e. The summed E-state index contributed by atoms with van der Waals surface area (Å²) in [7, 11) is 1.60. The summed E-state index contributed by atoms with van der Waals surface area (Å²) in [4.78, 5) is 22.5. The number of nitrogens with one attached hydrogen (secondary N) is 1. The van der Waals surface area contributed by atoms with E-state index in [9.17, 15) is 9.59 Å². The summed E-state index contributed by atoms with van der Waals surface area (Å²) in [6.07, 6.45) is 1.28. The first kappa shape index (κ1) is 21.4. The first-order valence-corrected chi connectivity index (χ1v) is 9.99. The lowest BCUT2D eigenvalue weighted by atomic mass is 10.1. The minimum atomic E-state index is -1.04. The number of aliphatic carboxylic acids is 1. The highest BCUT2D eigenvalue weighted by atomic mass is 32.2. The monoisotopic (exact) mass is 427 g/mol. The molecule has 30 heavy (non-hydrogen) atoms. The van der Waals surface area contributed by atoms with E-state index >= 15 is 0 Å². The lowest BCUT2D eigenvalue weighted by Gasteiger charge is -2.11. The Morgan fingerprint density at radius 2 is 2.03 bits per heavy atom. The Bertz CT molecular complexity index is 989. The van der Waals surface area contributed by atoms with Gasteiger partial charge in [0.25, 0.3) is 0 Å². The minimum Gasteiger partial charge on any atom is -0.496 e. The highest BCUT2D eigenvalue weighted by Crippen LogP contribution is 2.23. The second-order valence-corrected chi connectivity index (χ2v) is 7.71. The van der Waals surface area contributed by atoms with Crippen LogP contribution >= 0.6 is 11.8 Å². The lowest BCUT2D eigenvalue weighted by molar-refractivity contribution is -0.138. The molecule has 1 unspecified atom stereocenters. The molecule has 2 aromatic carbocycles. The number of rotatable bonds is 8. The average Bonchev–Trinajstić information content (AvgIpc) is 3.06. The maximum absolute atomic E-state index is 11.7. The van der Waals surface area contributed by atoms with Gasteiger partial charge in [-0.15, -0.1) is 5.10 Å². The van der Waals surface area contributed by atoms with Crippen molar-refractivity contribution in [2.45, 2.75) is 25.2 Å². The van der Waals surface area contributed by atoms with Crippen molar-refractivity contribution in [1.29, 1.82) is 0 Å². The Labute approximate surface area is 178 Å². The van der Waals surface area contributed by atoms with Gasteiger partial charge in [-0.1, -0.05) is 29.5 Å². The first-order valence-electron chi connectivity index (χ1n) is 9.11.